The first-order chi connectivity index (χ1) is 12.6. The van der Waals surface area contributed by atoms with Gasteiger partial charge in [-0.3, -0.25) is 4.79 Å². The molecule has 5 heteroatoms. The third kappa shape index (κ3) is 3.64. The molecule has 2 aromatic rings. The molecule has 1 aromatic carbocycles. The number of hydrogen-bond acceptors (Lipinski definition) is 4. The van der Waals surface area contributed by atoms with E-state index in [9.17, 15) is 4.79 Å². The summed E-state index contributed by atoms with van der Waals surface area (Å²) in [6.45, 7) is 0. The summed E-state index contributed by atoms with van der Waals surface area (Å²) >= 11 is 1.50. The summed E-state index contributed by atoms with van der Waals surface area (Å²) in [6, 6.07) is 14.0. The largest absolute Gasteiger partial charge is 0.343 e. The third-order valence-electron chi connectivity index (χ3n) is 5.51. The smallest absolute Gasteiger partial charge is 0.254 e. The number of aromatic nitrogens is 1. The maximum Gasteiger partial charge on any atom is 0.254 e. The number of amides is 1. The third-order valence-corrected chi connectivity index (χ3v) is 6.23. The normalized spacial score (nSPS) is 17.2. The fourth-order valence-electron chi connectivity index (χ4n) is 4.09. The monoisotopic (exact) mass is 369 g/mol. The molecule has 0 radical (unpaired) electrons. The number of pyridine rings is 1. The predicted octanol–water partition coefficient (Wildman–Crippen LogP) is 4.15. The second kappa shape index (κ2) is 8.23. The van der Waals surface area contributed by atoms with E-state index < -0.39 is 0 Å². The summed E-state index contributed by atoms with van der Waals surface area (Å²) in [5.74, 6) is -0.0515. The summed E-state index contributed by atoms with van der Waals surface area (Å²) in [7, 11) is 4.26. The van der Waals surface area contributed by atoms with Gasteiger partial charge in [0.1, 0.15) is 5.03 Å². The van der Waals surface area contributed by atoms with E-state index in [2.05, 4.69) is 41.4 Å². The van der Waals surface area contributed by atoms with Gasteiger partial charge in [-0.25, -0.2) is 4.98 Å². The number of carbonyl (C=O) groups is 1. The molecule has 4 nitrogen and oxygen atoms in total. The van der Waals surface area contributed by atoms with Crippen molar-refractivity contribution in [3.05, 3.63) is 59.8 Å². The summed E-state index contributed by atoms with van der Waals surface area (Å²) in [5, 5.41) is 4.12. The maximum atomic E-state index is 13.1. The zero-order chi connectivity index (χ0) is 18.6. The predicted molar refractivity (Wildman–Crippen MR) is 108 cm³/mol. The van der Waals surface area contributed by atoms with Crippen molar-refractivity contribution >= 4 is 17.7 Å². The minimum absolute atomic E-state index is 0.0515. The summed E-state index contributed by atoms with van der Waals surface area (Å²) in [5.41, 5.74) is 1.75. The fourth-order valence-corrected chi connectivity index (χ4v) is 4.64. The van der Waals surface area contributed by atoms with Crippen LogP contribution in [0, 0.1) is 0 Å². The number of benzene rings is 1. The van der Waals surface area contributed by atoms with Crippen molar-refractivity contribution in [3.63, 3.8) is 0 Å². The van der Waals surface area contributed by atoms with Crippen molar-refractivity contribution in [3.8, 4) is 0 Å². The highest BCUT2D eigenvalue weighted by Gasteiger charge is 2.44. The number of carbonyl (C=O) groups excluding carboxylic acids is 1. The van der Waals surface area contributed by atoms with Crippen LogP contribution in [0.4, 0.5) is 0 Å². The molecule has 1 aromatic heterocycles. The highest BCUT2D eigenvalue weighted by atomic mass is 32.2. The molecule has 1 aliphatic rings. The molecule has 1 fully saturated rings. The van der Waals surface area contributed by atoms with Crippen LogP contribution in [0.3, 0.4) is 0 Å². The van der Waals surface area contributed by atoms with Crippen LogP contribution in [0.1, 0.15) is 47.6 Å². The molecule has 0 bridgehead atoms. The van der Waals surface area contributed by atoms with Gasteiger partial charge in [-0.1, -0.05) is 43.2 Å². The first-order valence-corrected chi connectivity index (χ1v) is 10.3. The Balaban J connectivity index is 1.98. The molecule has 1 saturated carbocycles. The van der Waals surface area contributed by atoms with E-state index in [0.717, 1.165) is 23.4 Å². The molecule has 1 N–H and O–H groups in total. The van der Waals surface area contributed by atoms with Crippen molar-refractivity contribution in [1.82, 2.24) is 15.2 Å². The van der Waals surface area contributed by atoms with Crippen molar-refractivity contribution in [2.24, 2.45) is 0 Å². The van der Waals surface area contributed by atoms with Crippen LogP contribution in [0.2, 0.25) is 0 Å². The molecule has 3 rings (SSSR count). The molecule has 1 aliphatic carbocycles. The van der Waals surface area contributed by atoms with Gasteiger partial charge >= 0.3 is 0 Å². The second-order valence-electron chi connectivity index (χ2n) is 7.08. The number of nitrogens with one attached hydrogen (secondary N) is 1. The first-order valence-electron chi connectivity index (χ1n) is 9.11. The maximum absolute atomic E-state index is 13.1. The van der Waals surface area contributed by atoms with Gasteiger partial charge in [0, 0.05) is 11.7 Å². The zero-order valence-electron chi connectivity index (χ0n) is 15.7. The molecule has 138 valence electrons. The van der Waals surface area contributed by atoms with E-state index >= 15 is 0 Å². The topological polar surface area (TPSA) is 45.2 Å². The van der Waals surface area contributed by atoms with Crippen molar-refractivity contribution in [2.45, 2.75) is 42.3 Å². The van der Waals surface area contributed by atoms with Gasteiger partial charge < -0.3 is 10.2 Å². The Morgan fingerprint density at radius 1 is 1.15 bits per heavy atom. The molecular weight excluding hydrogens is 342 g/mol. The van der Waals surface area contributed by atoms with E-state index in [1.807, 2.05) is 36.6 Å². The first kappa shape index (κ1) is 18.9. The van der Waals surface area contributed by atoms with Crippen LogP contribution < -0.4 is 5.32 Å². The van der Waals surface area contributed by atoms with E-state index in [-0.39, 0.29) is 17.5 Å². The van der Waals surface area contributed by atoms with E-state index in [1.165, 1.54) is 24.6 Å². The quantitative estimate of drug-likeness (QED) is 0.777. The number of likely N-dealkylation sites (N-methyl/N-ethyl adjacent to an activating group) is 1. The number of hydrogen-bond donors (Lipinski definition) is 1. The lowest BCUT2D eigenvalue weighted by molar-refractivity contribution is 0.0763. The molecule has 1 amide bonds. The molecule has 26 heavy (non-hydrogen) atoms. The van der Waals surface area contributed by atoms with Crippen LogP contribution in [-0.2, 0) is 0 Å². The minimum Gasteiger partial charge on any atom is -0.343 e. The fraction of sp³-hybridized carbons (Fsp3) is 0.429. The highest BCUT2D eigenvalue weighted by molar-refractivity contribution is 7.98. The lowest BCUT2D eigenvalue weighted by atomic mass is 9.82. The lowest BCUT2D eigenvalue weighted by Crippen LogP contribution is -2.53. The van der Waals surface area contributed by atoms with Gasteiger partial charge in [0.15, 0.2) is 0 Å². The Morgan fingerprint density at radius 3 is 2.46 bits per heavy atom. The number of nitrogens with zero attached hydrogens (tertiary/aromatic N) is 2. The SMILES string of the molecule is CSc1ncccc1C(=O)NC(c1ccccc1)C1(N(C)C)CCCC1. The zero-order valence-corrected chi connectivity index (χ0v) is 16.6. The van der Waals surface area contributed by atoms with Crippen LogP contribution in [0.15, 0.2) is 53.7 Å². The van der Waals surface area contributed by atoms with Crippen molar-refractivity contribution < 1.29 is 4.79 Å². The number of rotatable bonds is 6. The average Bonchev–Trinajstić information content (AvgIpc) is 3.17. The van der Waals surface area contributed by atoms with Gasteiger partial charge in [-0.05, 0) is 50.9 Å². The lowest BCUT2D eigenvalue weighted by Gasteiger charge is -2.44. The summed E-state index contributed by atoms with van der Waals surface area (Å²) in [4.78, 5) is 19.8. The van der Waals surface area contributed by atoms with Crippen molar-refractivity contribution in [2.75, 3.05) is 20.4 Å². The van der Waals surface area contributed by atoms with Crippen LogP contribution in [0.25, 0.3) is 0 Å². The van der Waals surface area contributed by atoms with Gasteiger partial charge in [0.25, 0.3) is 5.91 Å². The standard InChI is InChI=1S/C21H27N3OS/c1-24(2)21(13-7-8-14-21)18(16-10-5-4-6-11-16)23-19(25)17-12-9-15-22-20(17)26-3/h4-6,9-12,15,18H,7-8,13-14H2,1-3H3,(H,23,25). The molecular formula is C21H27N3OS. The highest BCUT2D eigenvalue weighted by Crippen LogP contribution is 2.43. The molecule has 0 spiro atoms. The van der Waals surface area contributed by atoms with Gasteiger partial charge in [0.2, 0.25) is 0 Å². The van der Waals surface area contributed by atoms with E-state index in [1.54, 1.807) is 6.20 Å². The van der Waals surface area contributed by atoms with Gasteiger partial charge in [-0.15, -0.1) is 11.8 Å². The summed E-state index contributed by atoms with van der Waals surface area (Å²) in [6.07, 6.45) is 8.24. The molecule has 0 saturated heterocycles. The Morgan fingerprint density at radius 2 is 1.85 bits per heavy atom. The van der Waals surface area contributed by atoms with Crippen LogP contribution in [-0.4, -0.2) is 41.7 Å². The summed E-state index contributed by atoms with van der Waals surface area (Å²) < 4.78 is 0. The molecule has 1 heterocycles. The van der Waals surface area contributed by atoms with Gasteiger partial charge in [-0.2, -0.15) is 0 Å². The molecule has 1 atom stereocenters. The van der Waals surface area contributed by atoms with Crippen LogP contribution in [0.5, 0.6) is 0 Å². The Hall–Kier alpha value is -1.85. The average molecular weight is 370 g/mol. The Kier molecular flexibility index (Phi) is 5.99. The number of thioether (sulfide) groups is 1. The van der Waals surface area contributed by atoms with E-state index in [0.29, 0.717) is 5.56 Å². The Labute approximate surface area is 160 Å². The van der Waals surface area contributed by atoms with Crippen LogP contribution >= 0.6 is 11.8 Å². The molecule has 0 aliphatic heterocycles. The second-order valence-corrected chi connectivity index (χ2v) is 7.88. The van der Waals surface area contributed by atoms with Crippen molar-refractivity contribution in [1.29, 1.82) is 0 Å². The Bertz CT molecular complexity index is 742. The van der Waals surface area contributed by atoms with Gasteiger partial charge in [0.05, 0.1) is 11.6 Å². The molecule has 1 unspecified atom stereocenters. The minimum atomic E-state index is -0.0568. The van der Waals surface area contributed by atoms with E-state index in [4.69, 9.17) is 0 Å².